The van der Waals surface area contributed by atoms with E-state index in [0.717, 1.165) is 43.2 Å². The molecule has 0 radical (unpaired) electrons. The number of benzene rings is 3. The maximum Gasteiger partial charge on any atom is 0.166 e. The average molecular weight is 549 g/mol. The highest BCUT2D eigenvalue weighted by atomic mass is 19.2. The van der Waals surface area contributed by atoms with Crippen LogP contribution in [0.1, 0.15) is 95.1 Å². The molecular formula is C36H43F3O. The number of allylic oxidation sites excluding steroid dienone is 1. The smallest absolute Gasteiger partial charge is 0.166 e. The monoisotopic (exact) mass is 548 g/mol. The van der Waals surface area contributed by atoms with Gasteiger partial charge in [-0.15, -0.1) is 0 Å². The van der Waals surface area contributed by atoms with Gasteiger partial charge in [-0.1, -0.05) is 113 Å². The Balaban J connectivity index is 1.36. The van der Waals surface area contributed by atoms with Crippen molar-refractivity contribution in [2.75, 3.05) is 6.61 Å². The summed E-state index contributed by atoms with van der Waals surface area (Å²) >= 11 is 0. The van der Waals surface area contributed by atoms with Gasteiger partial charge in [-0.3, -0.25) is 0 Å². The van der Waals surface area contributed by atoms with Crippen LogP contribution < -0.4 is 0 Å². The summed E-state index contributed by atoms with van der Waals surface area (Å²) in [7, 11) is 0. The SMILES string of the molecule is CC=CC1CCC(c2ccc(-c3ccc(-c4ccc(CCCCCCCCCC)c(F)c4F)cc3)cc2F)CO1. The molecule has 0 bridgehead atoms. The summed E-state index contributed by atoms with van der Waals surface area (Å²) in [6, 6.07) is 15.9. The van der Waals surface area contributed by atoms with Crippen LogP contribution in [0.5, 0.6) is 0 Å². The van der Waals surface area contributed by atoms with Gasteiger partial charge in [-0.25, -0.2) is 13.2 Å². The fourth-order valence-corrected chi connectivity index (χ4v) is 5.72. The topological polar surface area (TPSA) is 9.23 Å². The van der Waals surface area contributed by atoms with Crippen molar-refractivity contribution in [1.29, 1.82) is 0 Å². The van der Waals surface area contributed by atoms with Crippen molar-refractivity contribution in [3.8, 4) is 22.3 Å². The van der Waals surface area contributed by atoms with E-state index in [1.807, 2.05) is 43.3 Å². The standard InChI is InChI=1S/C36H43F3O/c1-3-5-6-7-8-9-10-11-13-28-19-23-33(36(39)35(28)38)27-16-14-26(15-17-27)29-20-22-32(34(37)24-29)30-18-21-31(12-4-2)40-25-30/h4,12,14-17,19-20,22-24,30-31H,3,5-11,13,18,21,25H2,1-2H3. The molecular weight excluding hydrogens is 505 g/mol. The fourth-order valence-electron chi connectivity index (χ4n) is 5.72. The number of hydrogen-bond acceptors (Lipinski definition) is 1. The quantitative estimate of drug-likeness (QED) is 0.152. The summed E-state index contributed by atoms with van der Waals surface area (Å²) in [5, 5.41) is 0. The Hall–Kier alpha value is -2.85. The summed E-state index contributed by atoms with van der Waals surface area (Å²) in [6.45, 7) is 4.70. The lowest BCUT2D eigenvalue weighted by atomic mass is 9.89. The highest BCUT2D eigenvalue weighted by Crippen LogP contribution is 2.34. The summed E-state index contributed by atoms with van der Waals surface area (Å²) in [5.74, 6) is -1.73. The molecule has 0 aliphatic carbocycles. The number of unbranched alkanes of at least 4 members (excludes halogenated alkanes) is 7. The summed E-state index contributed by atoms with van der Waals surface area (Å²) < 4.78 is 50.8. The van der Waals surface area contributed by atoms with E-state index in [-0.39, 0.29) is 23.4 Å². The number of ether oxygens (including phenoxy) is 1. The second kappa shape index (κ2) is 15.2. The van der Waals surface area contributed by atoms with E-state index < -0.39 is 11.6 Å². The maximum atomic E-state index is 15.1. The van der Waals surface area contributed by atoms with Crippen molar-refractivity contribution >= 4 is 0 Å². The molecule has 3 aromatic carbocycles. The third-order valence-corrected chi connectivity index (χ3v) is 8.15. The van der Waals surface area contributed by atoms with Gasteiger partial charge < -0.3 is 4.74 Å². The number of halogens is 3. The maximum absolute atomic E-state index is 15.1. The minimum atomic E-state index is -0.799. The second-order valence-corrected chi connectivity index (χ2v) is 11.1. The van der Waals surface area contributed by atoms with Gasteiger partial charge in [0.15, 0.2) is 11.6 Å². The molecule has 40 heavy (non-hydrogen) atoms. The van der Waals surface area contributed by atoms with E-state index >= 15 is 8.78 Å². The summed E-state index contributed by atoms with van der Waals surface area (Å²) in [6.07, 6.45) is 15.9. The average Bonchev–Trinajstić information content (AvgIpc) is 2.97. The predicted molar refractivity (Wildman–Crippen MR) is 160 cm³/mol. The third-order valence-electron chi connectivity index (χ3n) is 8.15. The highest BCUT2D eigenvalue weighted by Gasteiger charge is 2.24. The molecule has 4 heteroatoms. The van der Waals surface area contributed by atoms with Gasteiger partial charge in [0.05, 0.1) is 12.7 Å². The lowest BCUT2D eigenvalue weighted by molar-refractivity contribution is 0.0319. The summed E-state index contributed by atoms with van der Waals surface area (Å²) in [5.41, 5.74) is 3.56. The minimum absolute atomic E-state index is 0.0503. The van der Waals surface area contributed by atoms with E-state index in [0.29, 0.717) is 29.7 Å². The Morgan fingerprint density at radius 3 is 2.08 bits per heavy atom. The minimum Gasteiger partial charge on any atom is -0.374 e. The fraction of sp³-hybridized carbons (Fsp3) is 0.444. The molecule has 0 amide bonds. The normalized spacial score (nSPS) is 17.5. The van der Waals surface area contributed by atoms with Gasteiger partial charge >= 0.3 is 0 Å². The predicted octanol–water partition coefficient (Wildman–Crippen LogP) is 11.0. The molecule has 0 saturated carbocycles. The Bertz CT molecular complexity index is 1240. The number of hydrogen-bond donors (Lipinski definition) is 0. The second-order valence-electron chi connectivity index (χ2n) is 11.1. The van der Waals surface area contributed by atoms with Gasteiger partial charge in [-0.2, -0.15) is 0 Å². The van der Waals surface area contributed by atoms with Crippen molar-refractivity contribution in [3.63, 3.8) is 0 Å². The summed E-state index contributed by atoms with van der Waals surface area (Å²) in [4.78, 5) is 0. The molecule has 214 valence electrons. The first-order chi connectivity index (χ1) is 19.5. The van der Waals surface area contributed by atoms with Gasteiger partial charge in [0, 0.05) is 11.5 Å². The molecule has 1 nitrogen and oxygen atoms in total. The lowest BCUT2D eigenvalue weighted by Crippen LogP contribution is -2.23. The Morgan fingerprint density at radius 1 is 0.750 bits per heavy atom. The van der Waals surface area contributed by atoms with Gasteiger partial charge in [0.1, 0.15) is 5.82 Å². The van der Waals surface area contributed by atoms with Crippen LogP contribution in [0.3, 0.4) is 0 Å². The molecule has 4 rings (SSSR count). The van der Waals surface area contributed by atoms with E-state index in [1.165, 1.54) is 32.1 Å². The molecule has 2 atom stereocenters. The van der Waals surface area contributed by atoms with E-state index in [1.54, 1.807) is 30.3 Å². The Morgan fingerprint density at radius 2 is 1.43 bits per heavy atom. The molecule has 1 aliphatic heterocycles. The first-order valence-corrected chi connectivity index (χ1v) is 15.1. The molecule has 0 spiro atoms. The zero-order valence-electron chi connectivity index (χ0n) is 24.0. The molecule has 2 unspecified atom stereocenters. The first-order valence-electron chi connectivity index (χ1n) is 15.1. The van der Waals surface area contributed by atoms with Crippen LogP contribution in [0.15, 0.2) is 66.7 Å². The van der Waals surface area contributed by atoms with Crippen LogP contribution in [0, 0.1) is 17.5 Å². The van der Waals surface area contributed by atoms with E-state index in [4.69, 9.17) is 4.74 Å². The Labute approximate surface area is 238 Å². The lowest BCUT2D eigenvalue weighted by Gasteiger charge is -2.28. The molecule has 1 heterocycles. The van der Waals surface area contributed by atoms with Crippen LogP contribution in [0.2, 0.25) is 0 Å². The highest BCUT2D eigenvalue weighted by molar-refractivity contribution is 5.71. The zero-order chi connectivity index (χ0) is 28.3. The number of rotatable bonds is 13. The van der Waals surface area contributed by atoms with Gasteiger partial charge in [0.2, 0.25) is 0 Å². The van der Waals surface area contributed by atoms with Crippen molar-refractivity contribution < 1.29 is 17.9 Å². The molecule has 0 aromatic heterocycles. The zero-order valence-corrected chi connectivity index (χ0v) is 24.0. The molecule has 1 saturated heterocycles. The van der Waals surface area contributed by atoms with Gasteiger partial charge in [0.25, 0.3) is 0 Å². The molecule has 3 aromatic rings. The third kappa shape index (κ3) is 7.87. The van der Waals surface area contributed by atoms with E-state index in [9.17, 15) is 4.39 Å². The first kappa shape index (κ1) is 30.1. The van der Waals surface area contributed by atoms with Crippen molar-refractivity contribution in [1.82, 2.24) is 0 Å². The van der Waals surface area contributed by atoms with Crippen molar-refractivity contribution in [2.45, 2.75) is 96.5 Å². The number of aryl methyl sites for hydroxylation is 1. The molecule has 0 N–H and O–H groups in total. The van der Waals surface area contributed by atoms with Crippen LogP contribution in [-0.2, 0) is 11.2 Å². The largest absolute Gasteiger partial charge is 0.374 e. The molecule has 1 fully saturated rings. The van der Waals surface area contributed by atoms with Crippen molar-refractivity contribution in [2.24, 2.45) is 0 Å². The molecule has 1 aliphatic rings. The van der Waals surface area contributed by atoms with Crippen LogP contribution in [-0.4, -0.2) is 12.7 Å². The van der Waals surface area contributed by atoms with Crippen LogP contribution in [0.4, 0.5) is 13.2 Å². The Kier molecular flexibility index (Phi) is 11.5. The van der Waals surface area contributed by atoms with E-state index in [2.05, 4.69) is 6.92 Å². The van der Waals surface area contributed by atoms with Gasteiger partial charge in [-0.05, 0) is 66.5 Å². The van der Waals surface area contributed by atoms with Crippen LogP contribution >= 0.6 is 0 Å². The van der Waals surface area contributed by atoms with Crippen LogP contribution in [0.25, 0.3) is 22.3 Å². The van der Waals surface area contributed by atoms with Crippen molar-refractivity contribution in [3.05, 3.63) is 95.3 Å².